The molecule has 0 radical (unpaired) electrons. The van der Waals surface area contributed by atoms with E-state index >= 15 is 0 Å². The molecule has 2 heterocycles. The van der Waals surface area contributed by atoms with Crippen LogP contribution < -0.4 is 14.2 Å². The first-order chi connectivity index (χ1) is 20.5. The Kier molecular flexibility index (Phi) is 10.1. The third-order valence-corrected chi connectivity index (χ3v) is 8.81. The number of fused-ring (bicyclic) bond motifs is 1. The fraction of sp³-hybridized carbons (Fsp3) is 0.375. The molecule has 0 unspecified atom stereocenters. The number of benzene rings is 3. The zero-order valence-corrected chi connectivity index (χ0v) is 24.5. The SMILES string of the molecule is COc1ccc(-c2sc3cc(CO)ccc3c2Oc2ccc(OCCN3CCC(CCCO[N+](=O)[O-])CC3)cc2)cc1. The van der Waals surface area contributed by atoms with Crippen molar-refractivity contribution in [2.45, 2.75) is 32.3 Å². The zero-order valence-electron chi connectivity index (χ0n) is 23.7. The molecule has 1 aliphatic heterocycles. The first-order valence-corrected chi connectivity index (χ1v) is 15.0. The molecular weight excluding hydrogens is 556 g/mol. The van der Waals surface area contributed by atoms with Crippen molar-refractivity contribution < 1.29 is 29.2 Å². The lowest BCUT2D eigenvalue weighted by Crippen LogP contribution is -2.36. The van der Waals surface area contributed by atoms with Crippen LogP contribution in [0, 0.1) is 16.0 Å². The molecule has 0 atom stereocenters. The van der Waals surface area contributed by atoms with Gasteiger partial charge >= 0.3 is 0 Å². The van der Waals surface area contributed by atoms with Crippen molar-refractivity contribution in [1.82, 2.24) is 4.90 Å². The molecule has 10 heteroatoms. The number of aliphatic hydroxyl groups is 1. The predicted molar refractivity (Wildman–Crippen MR) is 163 cm³/mol. The van der Waals surface area contributed by atoms with Gasteiger partial charge in [-0.05, 0) is 116 Å². The molecule has 5 rings (SSSR count). The third-order valence-electron chi connectivity index (χ3n) is 7.62. The van der Waals surface area contributed by atoms with Gasteiger partial charge in [-0.2, -0.15) is 0 Å². The van der Waals surface area contributed by atoms with Gasteiger partial charge in [0.25, 0.3) is 5.09 Å². The average molecular weight is 593 g/mol. The minimum Gasteiger partial charge on any atom is -0.497 e. The number of hydrogen-bond acceptors (Lipinski definition) is 9. The minimum atomic E-state index is -0.719. The molecule has 3 aromatic carbocycles. The first kappa shape index (κ1) is 29.6. The molecule has 9 nitrogen and oxygen atoms in total. The highest BCUT2D eigenvalue weighted by molar-refractivity contribution is 7.22. The highest BCUT2D eigenvalue weighted by atomic mass is 32.1. The minimum absolute atomic E-state index is 0.00866. The van der Waals surface area contributed by atoms with E-state index in [4.69, 9.17) is 14.2 Å². The lowest BCUT2D eigenvalue weighted by molar-refractivity contribution is -0.757. The first-order valence-electron chi connectivity index (χ1n) is 14.2. The molecule has 0 bridgehead atoms. The van der Waals surface area contributed by atoms with Crippen molar-refractivity contribution in [3.63, 3.8) is 0 Å². The lowest BCUT2D eigenvalue weighted by Gasteiger charge is -2.31. The largest absolute Gasteiger partial charge is 0.497 e. The number of ether oxygens (including phenoxy) is 3. The number of hydrogen-bond donors (Lipinski definition) is 1. The van der Waals surface area contributed by atoms with Gasteiger partial charge in [0.05, 0.1) is 25.2 Å². The highest BCUT2D eigenvalue weighted by Crippen LogP contribution is 2.47. The van der Waals surface area contributed by atoms with Gasteiger partial charge in [0.1, 0.15) is 23.9 Å². The van der Waals surface area contributed by atoms with E-state index in [9.17, 15) is 15.2 Å². The van der Waals surface area contributed by atoms with Gasteiger partial charge in [-0.15, -0.1) is 21.5 Å². The van der Waals surface area contributed by atoms with Crippen LogP contribution in [0.3, 0.4) is 0 Å². The summed E-state index contributed by atoms with van der Waals surface area (Å²) in [6.45, 7) is 3.67. The van der Waals surface area contributed by atoms with Gasteiger partial charge in [0.2, 0.25) is 0 Å². The molecule has 1 fully saturated rings. The number of rotatable bonds is 14. The van der Waals surface area contributed by atoms with E-state index in [2.05, 4.69) is 9.74 Å². The number of piperidine rings is 1. The summed E-state index contributed by atoms with van der Waals surface area (Å²) in [5.41, 5.74) is 1.90. The molecule has 0 spiro atoms. The van der Waals surface area contributed by atoms with Crippen LogP contribution in [0.2, 0.25) is 0 Å². The fourth-order valence-electron chi connectivity index (χ4n) is 5.27. The van der Waals surface area contributed by atoms with Crippen LogP contribution in [0.1, 0.15) is 31.2 Å². The van der Waals surface area contributed by atoms with Crippen LogP contribution >= 0.6 is 11.3 Å². The quantitative estimate of drug-likeness (QED) is 0.0954. The van der Waals surface area contributed by atoms with Crippen LogP contribution in [0.4, 0.5) is 0 Å². The second kappa shape index (κ2) is 14.4. The maximum Gasteiger partial charge on any atom is 0.294 e. The molecule has 0 amide bonds. The second-order valence-electron chi connectivity index (χ2n) is 10.4. The molecule has 0 aliphatic carbocycles. The van der Waals surface area contributed by atoms with Crippen LogP contribution in [0.5, 0.6) is 23.0 Å². The molecule has 1 aliphatic rings. The Morgan fingerprint density at radius 3 is 2.38 bits per heavy atom. The normalized spacial score (nSPS) is 14.1. The van der Waals surface area contributed by atoms with Crippen LogP contribution in [-0.4, -0.2) is 55.1 Å². The van der Waals surface area contributed by atoms with Crippen molar-refractivity contribution in [2.24, 2.45) is 5.92 Å². The summed E-state index contributed by atoms with van der Waals surface area (Å²) in [4.78, 5) is 18.1. The van der Waals surface area contributed by atoms with Gasteiger partial charge in [0.15, 0.2) is 5.75 Å². The standard InChI is InChI=1S/C32H36N2O7S/c1-38-26-7-5-25(6-8-26)32-31(29-13-4-24(22-35)21-30(29)42-32)41-28-11-9-27(10-12-28)39-20-18-33-16-14-23(15-17-33)3-2-19-40-34(36)37/h4-13,21,23,35H,2-3,14-20,22H2,1H3. The molecule has 0 saturated carbocycles. The number of thiophene rings is 1. The molecule has 42 heavy (non-hydrogen) atoms. The Morgan fingerprint density at radius 2 is 1.69 bits per heavy atom. The highest BCUT2D eigenvalue weighted by Gasteiger charge is 2.19. The van der Waals surface area contributed by atoms with E-state index < -0.39 is 5.09 Å². The van der Waals surface area contributed by atoms with Crippen molar-refractivity contribution in [1.29, 1.82) is 0 Å². The van der Waals surface area contributed by atoms with Crippen molar-refractivity contribution in [2.75, 3.05) is 40.0 Å². The molecule has 4 aromatic rings. The molecule has 1 saturated heterocycles. The van der Waals surface area contributed by atoms with Crippen molar-refractivity contribution in [3.8, 4) is 33.4 Å². The number of aliphatic hydroxyl groups excluding tert-OH is 1. The Balaban J connectivity index is 1.16. The summed E-state index contributed by atoms with van der Waals surface area (Å²) >= 11 is 1.64. The molecule has 222 valence electrons. The van der Waals surface area contributed by atoms with E-state index in [1.165, 1.54) is 0 Å². The van der Waals surface area contributed by atoms with E-state index in [1.807, 2.05) is 66.7 Å². The summed E-state index contributed by atoms with van der Waals surface area (Å²) in [7, 11) is 1.65. The fourth-order valence-corrected chi connectivity index (χ4v) is 6.47. The van der Waals surface area contributed by atoms with Gasteiger partial charge in [0, 0.05) is 16.6 Å². The van der Waals surface area contributed by atoms with Crippen LogP contribution in [0.15, 0.2) is 66.7 Å². The topological polar surface area (TPSA) is 104 Å². The zero-order chi connectivity index (χ0) is 29.3. The van der Waals surface area contributed by atoms with Crippen LogP contribution in [-0.2, 0) is 11.4 Å². The predicted octanol–water partition coefficient (Wildman–Crippen LogP) is 6.94. The molecule has 1 aromatic heterocycles. The van der Waals surface area contributed by atoms with Crippen molar-refractivity contribution in [3.05, 3.63) is 82.4 Å². The van der Waals surface area contributed by atoms with Crippen molar-refractivity contribution >= 4 is 21.4 Å². The van der Waals surface area contributed by atoms with Gasteiger partial charge in [-0.1, -0.05) is 6.07 Å². The summed E-state index contributed by atoms with van der Waals surface area (Å²) < 4.78 is 18.9. The van der Waals surface area contributed by atoms with Crippen LogP contribution in [0.25, 0.3) is 20.5 Å². The maximum absolute atomic E-state index is 10.3. The Morgan fingerprint density at radius 1 is 0.976 bits per heavy atom. The summed E-state index contributed by atoms with van der Waals surface area (Å²) in [5.74, 6) is 3.69. The van der Waals surface area contributed by atoms with Gasteiger partial charge in [-0.3, -0.25) is 4.90 Å². The van der Waals surface area contributed by atoms with Gasteiger partial charge in [-0.25, -0.2) is 0 Å². The lowest BCUT2D eigenvalue weighted by atomic mass is 9.92. The Hall–Kier alpha value is -3.86. The Labute approximate surface area is 249 Å². The number of likely N-dealkylation sites (tertiary alicyclic amines) is 1. The van der Waals surface area contributed by atoms with E-state index in [0.717, 1.165) is 88.7 Å². The van der Waals surface area contributed by atoms with E-state index in [0.29, 0.717) is 18.3 Å². The third kappa shape index (κ3) is 7.70. The smallest absolute Gasteiger partial charge is 0.294 e. The number of nitrogens with zero attached hydrogens (tertiary/aromatic N) is 2. The second-order valence-corrected chi connectivity index (χ2v) is 11.4. The number of methoxy groups -OCH3 is 1. The molecule has 1 N–H and O–H groups in total. The summed E-state index contributed by atoms with van der Waals surface area (Å²) in [5, 5.41) is 20.2. The summed E-state index contributed by atoms with van der Waals surface area (Å²) in [6.07, 6.45) is 3.90. The average Bonchev–Trinajstić information content (AvgIpc) is 3.38. The van der Waals surface area contributed by atoms with Gasteiger partial charge < -0.3 is 24.2 Å². The Bertz CT molecular complexity index is 1450. The summed E-state index contributed by atoms with van der Waals surface area (Å²) in [6, 6.07) is 21.6. The monoisotopic (exact) mass is 592 g/mol. The van der Waals surface area contributed by atoms with E-state index in [1.54, 1.807) is 18.4 Å². The maximum atomic E-state index is 10.3. The van der Waals surface area contributed by atoms with E-state index in [-0.39, 0.29) is 13.2 Å². The molecular formula is C32H36N2O7S.